The third kappa shape index (κ3) is 5.25. The van der Waals surface area contributed by atoms with E-state index in [1.807, 2.05) is 17.9 Å². The maximum absolute atomic E-state index is 12.6. The van der Waals surface area contributed by atoms with Crippen molar-refractivity contribution in [3.63, 3.8) is 0 Å². The van der Waals surface area contributed by atoms with Gasteiger partial charge in [0, 0.05) is 26.1 Å². The molecule has 3 rings (SSSR count). The molecule has 0 aromatic heterocycles. The molecule has 0 unspecified atom stereocenters. The maximum atomic E-state index is 12.6. The van der Waals surface area contributed by atoms with Crippen molar-refractivity contribution in [1.82, 2.24) is 10.2 Å². The van der Waals surface area contributed by atoms with Gasteiger partial charge in [-0.05, 0) is 56.7 Å². The second kappa shape index (κ2) is 9.41. The van der Waals surface area contributed by atoms with E-state index in [0.29, 0.717) is 45.7 Å². The summed E-state index contributed by atoms with van der Waals surface area (Å²) in [6, 6.07) is 6.25. The molecule has 2 aliphatic rings. The predicted octanol–water partition coefficient (Wildman–Crippen LogP) is 2.61. The summed E-state index contributed by atoms with van der Waals surface area (Å²) in [5.74, 6) is 1.19. The zero-order chi connectivity index (χ0) is 20.0. The molecule has 6 nitrogen and oxygen atoms in total. The number of hydrogen-bond acceptors (Lipinski definition) is 4. The third-order valence-electron chi connectivity index (χ3n) is 5.74. The number of rotatable bonds is 6. The molecule has 2 amide bonds. The van der Waals surface area contributed by atoms with Crippen LogP contribution < -0.4 is 10.1 Å². The van der Waals surface area contributed by atoms with Crippen LogP contribution in [0, 0.1) is 6.92 Å². The summed E-state index contributed by atoms with van der Waals surface area (Å²) in [5, 5.41) is 2.86. The molecule has 1 spiro atoms. The van der Waals surface area contributed by atoms with Gasteiger partial charge in [0.1, 0.15) is 5.75 Å². The highest BCUT2D eigenvalue weighted by Crippen LogP contribution is 2.31. The van der Waals surface area contributed by atoms with Crippen LogP contribution in [0.2, 0.25) is 0 Å². The molecule has 1 N–H and O–H groups in total. The SMILES string of the molecule is CCOc1ccc(CCCC(=O)N2CCC3(CC2)CC(=O)NCCO3)cc1C. The van der Waals surface area contributed by atoms with Gasteiger partial charge in [0.15, 0.2) is 0 Å². The minimum atomic E-state index is -0.378. The van der Waals surface area contributed by atoms with Crippen molar-refractivity contribution in [1.29, 1.82) is 0 Å². The second-order valence-electron chi connectivity index (χ2n) is 7.83. The molecule has 6 heteroatoms. The monoisotopic (exact) mass is 388 g/mol. The second-order valence-corrected chi connectivity index (χ2v) is 7.83. The first-order chi connectivity index (χ1) is 13.5. The average Bonchev–Trinajstić information content (AvgIpc) is 2.85. The normalized spacial score (nSPS) is 19.2. The Labute approximate surface area is 167 Å². The van der Waals surface area contributed by atoms with Crippen LogP contribution in [0.3, 0.4) is 0 Å². The lowest BCUT2D eigenvalue weighted by molar-refractivity contribution is -0.140. The number of hydrogen-bond donors (Lipinski definition) is 1. The van der Waals surface area contributed by atoms with Gasteiger partial charge in [-0.1, -0.05) is 12.1 Å². The van der Waals surface area contributed by atoms with Gasteiger partial charge in [0.05, 0.1) is 25.2 Å². The van der Waals surface area contributed by atoms with Gasteiger partial charge in [-0.25, -0.2) is 0 Å². The van der Waals surface area contributed by atoms with E-state index in [1.165, 1.54) is 5.56 Å². The van der Waals surface area contributed by atoms with Crippen LogP contribution in [-0.4, -0.2) is 55.2 Å². The summed E-state index contributed by atoms with van der Waals surface area (Å²) in [5.41, 5.74) is 2.00. The summed E-state index contributed by atoms with van der Waals surface area (Å²) < 4.78 is 11.6. The van der Waals surface area contributed by atoms with Gasteiger partial charge in [0.2, 0.25) is 11.8 Å². The summed E-state index contributed by atoms with van der Waals surface area (Å²) >= 11 is 0. The van der Waals surface area contributed by atoms with Crippen LogP contribution in [0.1, 0.15) is 50.2 Å². The number of nitrogens with one attached hydrogen (secondary N) is 1. The van der Waals surface area contributed by atoms with Crippen molar-refractivity contribution >= 4 is 11.8 Å². The number of piperidine rings is 1. The molecule has 2 heterocycles. The van der Waals surface area contributed by atoms with E-state index in [4.69, 9.17) is 9.47 Å². The predicted molar refractivity (Wildman–Crippen MR) is 107 cm³/mol. The number of likely N-dealkylation sites (tertiary alicyclic amines) is 1. The average molecular weight is 389 g/mol. The molecule has 154 valence electrons. The lowest BCUT2D eigenvalue weighted by Crippen LogP contribution is -2.48. The highest BCUT2D eigenvalue weighted by molar-refractivity contribution is 5.78. The number of benzene rings is 1. The number of carbonyl (C=O) groups excluding carboxylic acids is 2. The highest BCUT2D eigenvalue weighted by Gasteiger charge is 2.39. The van der Waals surface area contributed by atoms with Crippen molar-refractivity contribution in [3.05, 3.63) is 29.3 Å². The number of nitrogens with zero attached hydrogens (tertiary/aromatic N) is 1. The lowest BCUT2D eigenvalue weighted by atomic mass is 9.87. The molecule has 0 atom stereocenters. The van der Waals surface area contributed by atoms with Gasteiger partial charge in [0.25, 0.3) is 0 Å². The largest absolute Gasteiger partial charge is 0.494 e. The number of amides is 2. The fourth-order valence-corrected chi connectivity index (χ4v) is 4.14. The Morgan fingerprint density at radius 2 is 2.11 bits per heavy atom. The molecule has 0 bridgehead atoms. The molecular formula is C22H32N2O4. The van der Waals surface area contributed by atoms with Crippen molar-refractivity contribution in [2.45, 2.75) is 58.0 Å². The molecule has 1 aromatic carbocycles. The van der Waals surface area contributed by atoms with Crippen LogP contribution in [0.25, 0.3) is 0 Å². The number of carbonyl (C=O) groups is 2. The summed E-state index contributed by atoms with van der Waals surface area (Å²) in [6.07, 6.45) is 4.17. The van der Waals surface area contributed by atoms with E-state index in [2.05, 4.69) is 24.4 Å². The minimum absolute atomic E-state index is 0.0583. The topological polar surface area (TPSA) is 67.9 Å². The van der Waals surface area contributed by atoms with E-state index in [1.54, 1.807) is 0 Å². The molecule has 0 aliphatic carbocycles. The van der Waals surface area contributed by atoms with Gasteiger partial charge in [-0.15, -0.1) is 0 Å². The Morgan fingerprint density at radius 1 is 1.32 bits per heavy atom. The molecule has 0 saturated carbocycles. The van der Waals surface area contributed by atoms with Crippen LogP contribution in [0.15, 0.2) is 18.2 Å². The zero-order valence-corrected chi connectivity index (χ0v) is 17.1. The Morgan fingerprint density at radius 3 is 2.82 bits per heavy atom. The molecule has 2 aliphatic heterocycles. The molecule has 28 heavy (non-hydrogen) atoms. The van der Waals surface area contributed by atoms with Crippen LogP contribution in [0.4, 0.5) is 0 Å². The molecule has 1 aromatic rings. The van der Waals surface area contributed by atoms with E-state index in [-0.39, 0.29) is 17.4 Å². The summed E-state index contributed by atoms with van der Waals surface area (Å²) in [7, 11) is 0. The van der Waals surface area contributed by atoms with Crippen LogP contribution >= 0.6 is 0 Å². The summed E-state index contributed by atoms with van der Waals surface area (Å²) in [6.45, 7) is 7.19. The highest BCUT2D eigenvalue weighted by atomic mass is 16.5. The van der Waals surface area contributed by atoms with Crippen LogP contribution in [0.5, 0.6) is 5.75 Å². The standard InChI is InChI=1S/C22H32N2O4/c1-3-27-19-8-7-18(15-17(19)2)5-4-6-21(26)24-12-9-22(10-13-24)16-20(25)23-11-14-28-22/h7-8,15H,3-6,9-14,16H2,1-2H3,(H,23,25). The molecular weight excluding hydrogens is 356 g/mol. The van der Waals surface area contributed by atoms with E-state index in [0.717, 1.165) is 37.0 Å². The van der Waals surface area contributed by atoms with Crippen molar-refractivity contribution in [2.24, 2.45) is 0 Å². The first-order valence-corrected chi connectivity index (χ1v) is 10.4. The first-order valence-electron chi connectivity index (χ1n) is 10.4. The molecule has 2 saturated heterocycles. The van der Waals surface area contributed by atoms with Gasteiger partial charge < -0.3 is 19.7 Å². The Hall–Kier alpha value is -2.08. The fraction of sp³-hybridized carbons (Fsp3) is 0.636. The summed E-state index contributed by atoms with van der Waals surface area (Å²) in [4.78, 5) is 26.4. The number of ether oxygens (including phenoxy) is 2. The van der Waals surface area contributed by atoms with Crippen molar-refractivity contribution in [2.75, 3.05) is 32.8 Å². The first kappa shape index (κ1) is 20.6. The van der Waals surface area contributed by atoms with Crippen LogP contribution in [-0.2, 0) is 20.7 Å². The zero-order valence-electron chi connectivity index (χ0n) is 17.1. The van der Waals surface area contributed by atoms with E-state index < -0.39 is 0 Å². The Bertz CT molecular complexity index is 696. The van der Waals surface area contributed by atoms with E-state index in [9.17, 15) is 9.59 Å². The van der Waals surface area contributed by atoms with E-state index >= 15 is 0 Å². The minimum Gasteiger partial charge on any atom is -0.494 e. The Balaban J connectivity index is 1.43. The van der Waals surface area contributed by atoms with Gasteiger partial charge >= 0.3 is 0 Å². The van der Waals surface area contributed by atoms with Crippen molar-refractivity contribution < 1.29 is 19.1 Å². The Kier molecular flexibility index (Phi) is 6.94. The molecule has 0 radical (unpaired) electrons. The quantitative estimate of drug-likeness (QED) is 0.813. The third-order valence-corrected chi connectivity index (χ3v) is 5.74. The van der Waals surface area contributed by atoms with Gasteiger partial charge in [-0.2, -0.15) is 0 Å². The smallest absolute Gasteiger partial charge is 0.222 e. The fourth-order valence-electron chi connectivity index (χ4n) is 4.14. The molecule has 2 fully saturated rings. The van der Waals surface area contributed by atoms with Gasteiger partial charge in [-0.3, -0.25) is 9.59 Å². The lowest BCUT2D eigenvalue weighted by Gasteiger charge is -2.40. The number of aryl methyl sites for hydroxylation is 2. The van der Waals surface area contributed by atoms with Crippen molar-refractivity contribution in [3.8, 4) is 5.75 Å². The maximum Gasteiger partial charge on any atom is 0.222 e.